The van der Waals surface area contributed by atoms with Gasteiger partial charge >= 0.3 is 0 Å². The van der Waals surface area contributed by atoms with E-state index in [0.29, 0.717) is 24.3 Å². The van der Waals surface area contributed by atoms with Gasteiger partial charge in [0.2, 0.25) is 0 Å². The molecule has 166 valence electrons. The summed E-state index contributed by atoms with van der Waals surface area (Å²) in [6, 6.07) is 9.98. The molecule has 2 aliphatic rings. The Morgan fingerprint density at radius 1 is 1.25 bits per heavy atom. The van der Waals surface area contributed by atoms with E-state index in [1.165, 1.54) is 0 Å². The van der Waals surface area contributed by atoms with Crippen molar-refractivity contribution in [3.05, 3.63) is 59.8 Å². The zero-order valence-electron chi connectivity index (χ0n) is 18.3. The van der Waals surface area contributed by atoms with E-state index >= 15 is 0 Å². The van der Waals surface area contributed by atoms with Gasteiger partial charge in [-0.05, 0) is 36.1 Å². The van der Waals surface area contributed by atoms with Gasteiger partial charge in [-0.1, -0.05) is 23.9 Å². The van der Waals surface area contributed by atoms with Crippen molar-refractivity contribution in [2.45, 2.75) is 19.4 Å². The number of hydrogen-bond donors (Lipinski definition) is 2. The molecule has 32 heavy (non-hydrogen) atoms. The van der Waals surface area contributed by atoms with Crippen LogP contribution in [0.4, 0.5) is 0 Å². The van der Waals surface area contributed by atoms with Gasteiger partial charge in [0.05, 0.1) is 12.6 Å². The summed E-state index contributed by atoms with van der Waals surface area (Å²) in [6.45, 7) is 5.66. The van der Waals surface area contributed by atoms with Gasteiger partial charge in [-0.3, -0.25) is 0 Å². The number of aromatic nitrogens is 3. The molecular formula is C25H29N5O2. The molecule has 0 amide bonds. The maximum atomic E-state index is 9.07. The number of β-amino-alcohol motifs (C(OH)–C–C–N with tert-alkyl or cyclic N) is 1. The summed E-state index contributed by atoms with van der Waals surface area (Å²) in [5.41, 5.74) is 8.83. The molecular weight excluding hydrogens is 402 g/mol. The molecule has 2 fully saturated rings. The molecule has 3 N–H and O–H groups in total. The van der Waals surface area contributed by atoms with Crippen LogP contribution in [0.3, 0.4) is 0 Å². The van der Waals surface area contributed by atoms with E-state index in [1.54, 1.807) is 6.20 Å². The third-order valence-corrected chi connectivity index (χ3v) is 6.73. The zero-order valence-corrected chi connectivity index (χ0v) is 18.3. The number of aliphatic hydroxyl groups excluding tert-OH is 1. The second kappa shape index (κ2) is 8.91. The van der Waals surface area contributed by atoms with Crippen LogP contribution >= 0.6 is 0 Å². The molecule has 2 aromatic heterocycles. The number of benzene rings is 1. The van der Waals surface area contributed by atoms with Crippen molar-refractivity contribution >= 4 is 0 Å². The van der Waals surface area contributed by atoms with Gasteiger partial charge < -0.3 is 24.8 Å². The smallest absolute Gasteiger partial charge is 0.167 e. The Hall–Kier alpha value is -2.92. The molecule has 7 nitrogen and oxygen atoms in total. The fourth-order valence-electron chi connectivity index (χ4n) is 4.90. The Balaban J connectivity index is 1.25. The first-order valence-corrected chi connectivity index (χ1v) is 11.4. The van der Waals surface area contributed by atoms with E-state index in [-0.39, 0.29) is 12.6 Å². The molecule has 0 bridgehead atoms. The molecule has 3 atom stereocenters. The minimum absolute atomic E-state index is 0.0959. The molecule has 1 aliphatic carbocycles. The summed E-state index contributed by atoms with van der Waals surface area (Å²) in [6.07, 6.45) is 4.57. The average Bonchev–Trinajstić information content (AvgIpc) is 3.31. The molecule has 0 spiro atoms. The molecule has 1 saturated carbocycles. The fraction of sp³-hybridized carbons (Fsp3) is 0.440. The quantitative estimate of drug-likeness (QED) is 0.557. The third-order valence-electron chi connectivity index (χ3n) is 6.73. The number of piperidine rings is 1. The van der Waals surface area contributed by atoms with Gasteiger partial charge in [-0.25, -0.2) is 4.98 Å². The molecule has 3 unspecified atom stereocenters. The van der Waals surface area contributed by atoms with Crippen LogP contribution in [0.5, 0.6) is 0 Å². The Bertz CT molecular complexity index is 1110. The Labute approximate surface area is 188 Å². The number of imidazole rings is 1. The normalized spacial score (nSPS) is 22.9. The van der Waals surface area contributed by atoms with Crippen molar-refractivity contribution in [1.29, 1.82) is 0 Å². The summed E-state index contributed by atoms with van der Waals surface area (Å²) in [5, 5.41) is 13.4. The first kappa shape index (κ1) is 21.0. The van der Waals surface area contributed by atoms with Crippen molar-refractivity contribution in [3.63, 3.8) is 0 Å². The molecule has 1 aliphatic heterocycles. The van der Waals surface area contributed by atoms with Gasteiger partial charge in [0.25, 0.3) is 0 Å². The molecule has 0 radical (unpaired) electrons. The van der Waals surface area contributed by atoms with E-state index in [4.69, 9.17) is 15.4 Å². The van der Waals surface area contributed by atoms with E-state index in [9.17, 15) is 0 Å². The average molecular weight is 432 g/mol. The molecule has 1 aromatic carbocycles. The minimum atomic E-state index is -0.0959. The molecule has 5 rings (SSSR count). The number of nitrogens with two attached hydrogens (primary N) is 1. The summed E-state index contributed by atoms with van der Waals surface area (Å²) in [7, 11) is 0. The third kappa shape index (κ3) is 3.97. The molecule has 7 heteroatoms. The van der Waals surface area contributed by atoms with Crippen LogP contribution < -0.4 is 5.73 Å². The number of aryl methyl sites for hydroxylation is 1. The van der Waals surface area contributed by atoms with Crippen molar-refractivity contribution in [1.82, 2.24) is 19.6 Å². The summed E-state index contributed by atoms with van der Waals surface area (Å²) in [4.78, 5) is 6.72. The Morgan fingerprint density at radius 3 is 2.72 bits per heavy atom. The van der Waals surface area contributed by atoms with Crippen LogP contribution in [0.1, 0.15) is 30.0 Å². The van der Waals surface area contributed by atoms with Gasteiger partial charge in [-0.2, -0.15) is 0 Å². The largest absolute Gasteiger partial charge is 0.395 e. The highest BCUT2D eigenvalue weighted by atomic mass is 16.5. The summed E-state index contributed by atoms with van der Waals surface area (Å²) >= 11 is 0. The fourth-order valence-corrected chi connectivity index (χ4v) is 4.90. The van der Waals surface area contributed by atoms with Crippen molar-refractivity contribution < 1.29 is 9.63 Å². The maximum Gasteiger partial charge on any atom is 0.167 e. The maximum absolute atomic E-state index is 9.07. The number of rotatable bonds is 7. The van der Waals surface area contributed by atoms with Crippen molar-refractivity contribution in [2.75, 3.05) is 32.8 Å². The monoisotopic (exact) mass is 431 g/mol. The number of likely N-dealkylation sites (tertiary alicyclic amines) is 1. The lowest BCUT2D eigenvalue weighted by atomic mass is 10.1. The SMILES string of the molecule is CCc1nccn1C(CN)c1cc(-c2ccc(C#CC3C4CN(CCO)CC34)cc2)on1. The van der Waals surface area contributed by atoms with Crippen LogP contribution in [-0.2, 0) is 6.42 Å². The topological polar surface area (TPSA) is 93.3 Å². The van der Waals surface area contributed by atoms with E-state index < -0.39 is 0 Å². The van der Waals surface area contributed by atoms with Crippen LogP contribution in [0.15, 0.2) is 47.2 Å². The molecule has 1 saturated heterocycles. The lowest BCUT2D eigenvalue weighted by Crippen LogP contribution is -2.27. The Kier molecular flexibility index (Phi) is 5.83. The second-order valence-electron chi connectivity index (χ2n) is 8.66. The standard InChI is InChI=1S/C25H29N5O2/c1-2-25-27-9-10-30(25)23(14-26)22-13-24(32-28-22)18-6-3-17(4-7-18)5-8-19-20-15-29(11-12-31)16-21(19)20/h3-4,6-7,9-10,13,19-21,23,31H,2,11-12,14-16,26H2,1H3. The van der Waals surface area contributed by atoms with Gasteiger partial charge in [0.15, 0.2) is 5.76 Å². The van der Waals surface area contributed by atoms with E-state index in [2.05, 4.69) is 38.4 Å². The van der Waals surface area contributed by atoms with Crippen molar-refractivity contribution in [3.8, 4) is 23.2 Å². The Morgan fingerprint density at radius 2 is 2.03 bits per heavy atom. The van der Waals surface area contributed by atoms with E-state index in [0.717, 1.165) is 54.5 Å². The number of hydrogen-bond acceptors (Lipinski definition) is 6. The van der Waals surface area contributed by atoms with Crippen LogP contribution in [-0.4, -0.2) is 57.5 Å². The van der Waals surface area contributed by atoms with Gasteiger partial charge in [0, 0.05) is 68.1 Å². The lowest BCUT2D eigenvalue weighted by molar-refractivity contribution is 0.206. The number of nitrogens with zero attached hydrogens (tertiary/aromatic N) is 4. The predicted molar refractivity (Wildman–Crippen MR) is 122 cm³/mol. The van der Waals surface area contributed by atoms with E-state index in [1.807, 2.05) is 36.5 Å². The number of aliphatic hydroxyl groups is 1. The second-order valence-corrected chi connectivity index (χ2v) is 8.66. The highest BCUT2D eigenvalue weighted by molar-refractivity contribution is 5.59. The first-order valence-electron chi connectivity index (χ1n) is 11.4. The van der Waals surface area contributed by atoms with Crippen LogP contribution in [0.2, 0.25) is 0 Å². The molecule has 3 heterocycles. The van der Waals surface area contributed by atoms with Crippen molar-refractivity contribution in [2.24, 2.45) is 23.5 Å². The zero-order chi connectivity index (χ0) is 22.1. The van der Waals surface area contributed by atoms with Gasteiger partial charge in [0.1, 0.15) is 11.5 Å². The minimum Gasteiger partial charge on any atom is -0.395 e. The highest BCUT2D eigenvalue weighted by Gasteiger charge is 2.54. The number of fused-ring (bicyclic) bond motifs is 1. The highest BCUT2D eigenvalue weighted by Crippen LogP contribution is 2.51. The van der Waals surface area contributed by atoms with Crippen LogP contribution in [0.25, 0.3) is 11.3 Å². The predicted octanol–water partition coefficient (Wildman–Crippen LogP) is 2.17. The van der Waals surface area contributed by atoms with Crippen LogP contribution in [0, 0.1) is 29.6 Å². The van der Waals surface area contributed by atoms with Gasteiger partial charge in [-0.15, -0.1) is 0 Å². The lowest BCUT2D eigenvalue weighted by Gasteiger charge is -2.16. The first-order chi connectivity index (χ1) is 15.7. The summed E-state index contributed by atoms with van der Waals surface area (Å²) < 4.78 is 7.70. The summed E-state index contributed by atoms with van der Waals surface area (Å²) in [5.74, 6) is 10.4. The molecule has 3 aromatic rings.